The van der Waals surface area contributed by atoms with Crippen molar-refractivity contribution >= 4 is 29.3 Å². The summed E-state index contributed by atoms with van der Waals surface area (Å²) in [6.07, 6.45) is 1.86. The molecule has 0 radical (unpaired) electrons. The second-order valence-corrected chi connectivity index (χ2v) is 7.38. The number of amides is 1. The minimum absolute atomic E-state index is 0.335. The van der Waals surface area contributed by atoms with E-state index in [1.54, 1.807) is 48.0 Å². The number of hydrogen-bond donors (Lipinski definition) is 2. The summed E-state index contributed by atoms with van der Waals surface area (Å²) in [7, 11) is 1.53. The van der Waals surface area contributed by atoms with Gasteiger partial charge in [-0.05, 0) is 31.4 Å². The van der Waals surface area contributed by atoms with E-state index < -0.39 is 11.9 Å². The van der Waals surface area contributed by atoms with E-state index in [4.69, 9.17) is 4.74 Å². The van der Waals surface area contributed by atoms with Gasteiger partial charge in [-0.3, -0.25) is 4.79 Å². The summed E-state index contributed by atoms with van der Waals surface area (Å²) in [5, 5.41) is 11.0. The van der Waals surface area contributed by atoms with Gasteiger partial charge < -0.3 is 15.4 Å². The summed E-state index contributed by atoms with van der Waals surface area (Å²) in [6.45, 7) is 1.77. The number of carbonyl (C=O) groups excluding carboxylic acids is 1. The molecule has 1 atom stereocenters. The van der Waals surface area contributed by atoms with Gasteiger partial charge in [0.15, 0.2) is 0 Å². The van der Waals surface area contributed by atoms with Crippen LogP contribution in [0.4, 0.5) is 16.0 Å². The minimum Gasteiger partial charge on any atom is -0.495 e. The first-order chi connectivity index (χ1) is 14.5. The highest BCUT2D eigenvalue weighted by Gasteiger charge is 2.35. The van der Waals surface area contributed by atoms with Gasteiger partial charge in [-0.2, -0.15) is 4.98 Å². The SMILES string of the molecule is COc1ccccc1NC(=O)C1=C(C)Nc2nc(SC)nn2C1c1ccccc1F. The third-order valence-corrected chi connectivity index (χ3v) is 5.35. The molecule has 2 N–H and O–H groups in total. The fourth-order valence-electron chi connectivity index (χ4n) is 3.43. The van der Waals surface area contributed by atoms with Crippen molar-refractivity contribution in [2.24, 2.45) is 0 Å². The Hall–Kier alpha value is -3.33. The Balaban J connectivity index is 1.81. The number of ether oxygens (including phenoxy) is 1. The van der Waals surface area contributed by atoms with Gasteiger partial charge in [0.2, 0.25) is 11.1 Å². The highest BCUT2D eigenvalue weighted by Crippen LogP contribution is 2.37. The van der Waals surface area contributed by atoms with Gasteiger partial charge in [0.1, 0.15) is 17.6 Å². The molecule has 3 aromatic rings. The van der Waals surface area contributed by atoms with Crippen molar-refractivity contribution in [1.82, 2.24) is 14.8 Å². The molecule has 1 aliphatic rings. The summed E-state index contributed by atoms with van der Waals surface area (Å²) in [4.78, 5) is 17.8. The number of carbonyl (C=O) groups is 1. The smallest absolute Gasteiger partial charge is 0.255 e. The number of benzene rings is 2. The number of halogens is 1. The zero-order chi connectivity index (χ0) is 21.3. The molecule has 30 heavy (non-hydrogen) atoms. The van der Waals surface area contributed by atoms with E-state index in [1.165, 1.54) is 24.9 Å². The summed E-state index contributed by atoms with van der Waals surface area (Å²) >= 11 is 1.37. The highest BCUT2D eigenvalue weighted by atomic mass is 32.2. The van der Waals surface area contributed by atoms with E-state index in [0.29, 0.717) is 39.4 Å². The third kappa shape index (κ3) is 3.52. The van der Waals surface area contributed by atoms with Crippen molar-refractivity contribution in [2.75, 3.05) is 24.0 Å². The van der Waals surface area contributed by atoms with Crippen molar-refractivity contribution in [3.63, 3.8) is 0 Å². The molecule has 0 fully saturated rings. The lowest BCUT2D eigenvalue weighted by Gasteiger charge is -2.29. The maximum Gasteiger partial charge on any atom is 0.255 e. The zero-order valence-corrected chi connectivity index (χ0v) is 17.5. The van der Waals surface area contributed by atoms with Crippen LogP contribution in [0.1, 0.15) is 18.5 Å². The largest absolute Gasteiger partial charge is 0.495 e. The minimum atomic E-state index is -0.773. The maximum absolute atomic E-state index is 14.8. The van der Waals surface area contributed by atoms with E-state index in [2.05, 4.69) is 20.7 Å². The van der Waals surface area contributed by atoms with Crippen LogP contribution in [0.3, 0.4) is 0 Å². The Kier molecular flexibility index (Phi) is 5.45. The lowest BCUT2D eigenvalue weighted by atomic mass is 9.94. The lowest BCUT2D eigenvalue weighted by Crippen LogP contribution is -2.32. The van der Waals surface area contributed by atoms with E-state index >= 15 is 0 Å². The van der Waals surface area contributed by atoms with Gasteiger partial charge in [0.05, 0.1) is 18.4 Å². The molecule has 2 aromatic carbocycles. The van der Waals surface area contributed by atoms with Crippen molar-refractivity contribution in [2.45, 2.75) is 18.1 Å². The molecule has 9 heteroatoms. The number of rotatable bonds is 5. The molecular weight excluding hydrogens is 405 g/mol. The number of thioether (sulfide) groups is 1. The van der Waals surface area contributed by atoms with E-state index in [-0.39, 0.29) is 5.91 Å². The number of aromatic nitrogens is 3. The quantitative estimate of drug-likeness (QED) is 0.600. The van der Waals surface area contributed by atoms with Crippen LogP contribution in [0, 0.1) is 5.82 Å². The van der Waals surface area contributed by atoms with Crippen LogP contribution >= 0.6 is 11.8 Å². The maximum atomic E-state index is 14.8. The molecule has 1 unspecified atom stereocenters. The second-order valence-electron chi connectivity index (χ2n) is 6.61. The van der Waals surface area contributed by atoms with Crippen LogP contribution in [0.15, 0.2) is 65.0 Å². The molecule has 0 bridgehead atoms. The van der Waals surface area contributed by atoms with E-state index in [0.717, 1.165) is 0 Å². The molecule has 0 aliphatic carbocycles. The highest BCUT2D eigenvalue weighted by molar-refractivity contribution is 7.98. The average Bonchev–Trinajstić information content (AvgIpc) is 3.16. The van der Waals surface area contributed by atoms with Crippen molar-refractivity contribution < 1.29 is 13.9 Å². The number of methoxy groups -OCH3 is 1. The Morgan fingerprint density at radius 3 is 2.70 bits per heavy atom. The topological polar surface area (TPSA) is 81.1 Å². The lowest BCUT2D eigenvalue weighted by molar-refractivity contribution is -0.113. The summed E-state index contributed by atoms with van der Waals surface area (Å²) < 4.78 is 21.7. The van der Waals surface area contributed by atoms with Crippen LogP contribution in [-0.2, 0) is 4.79 Å². The number of anilines is 2. The fourth-order valence-corrected chi connectivity index (χ4v) is 3.78. The first-order valence-corrected chi connectivity index (χ1v) is 10.4. The molecule has 0 spiro atoms. The van der Waals surface area contributed by atoms with Crippen molar-refractivity contribution in [1.29, 1.82) is 0 Å². The predicted molar refractivity (Wildman–Crippen MR) is 114 cm³/mol. The van der Waals surface area contributed by atoms with Crippen LogP contribution < -0.4 is 15.4 Å². The molecular formula is C21H20FN5O2S. The molecule has 1 aromatic heterocycles. The number of fused-ring (bicyclic) bond motifs is 1. The summed E-state index contributed by atoms with van der Waals surface area (Å²) in [5.74, 6) is 0.178. The molecule has 2 heterocycles. The van der Waals surface area contributed by atoms with Crippen molar-refractivity contribution in [3.8, 4) is 5.75 Å². The predicted octanol–water partition coefficient (Wildman–Crippen LogP) is 4.08. The average molecular weight is 425 g/mol. The molecule has 154 valence electrons. The van der Waals surface area contributed by atoms with Gasteiger partial charge >= 0.3 is 0 Å². The van der Waals surface area contributed by atoms with Gasteiger partial charge in [-0.25, -0.2) is 9.07 Å². The Bertz CT molecular complexity index is 1140. The summed E-state index contributed by atoms with van der Waals surface area (Å²) in [5.41, 5.74) is 1.77. The monoisotopic (exact) mass is 425 g/mol. The standard InChI is InChI=1S/C21H20FN5O2S/c1-12-17(19(28)24-15-10-6-7-11-16(15)29-2)18(13-8-4-5-9-14(13)22)27-20(23-12)25-21(26-27)30-3/h4-11,18H,1-3H3,(H,24,28)(H,23,25,26). The number of allylic oxidation sites excluding steroid dienone is 1. The number of hydrogen-bond acceptors (Lipinski definition) is 6. The Morgan fingerprint density at radius 2 is 1.97 bits per heavy atom. The zero-order valence-electron chi connectivity index (χ0n) is 16.6. The van der Waals surface area contributed by atoms with Crippen LogP contribution in [0.5, 0.6) is 5.75 Å². The third-order valence-electron chi connectivity index (χ3n) is 4.82. The summed E-state index contributed by atoms with van der Waals surface area (Å²) in [6, 6.07) is 12.7. The fraction of sp³-hybridized carbons (Fsp3) is 0.190. The molecule has 7 nitrogen and oxygen atoms in total. The van der Waals surface area contributed by atoms with E-state index in [1.807, 2.05) is 12.3 Å². The van der Waals surface area contributed by atoms with Gasteiger partial charge in [-0.15, -0.1) is 5.10 Å². The molecule has 4 rings (SSSR count). The van der Waals surface area contributed by atoms with Crippen molar-refractivity contribution in [3.05, 3.63) is 71.2 Å². The number of nitrogens with one attached hydrogen (secondary N) is 2. The second kappa shape index (κ2) is 8.19. The van der Waals surface area contributed by atoms with Gasteiger partial charge in [0, 0.05) is 11.3 Å². The van der Waals surface area contributed by atoms with Gasteiger partial charge in [0.25, 0.3) is 5.91 Å². The van der Waals surface area contributed by atoms with E-state index in [9.17, 15) is 9.18 Å². The number of para-hydroxylation sites is 2. The van der Waals surface area contributed by atoms with Crippen LogP contribution in [-0.4, -0.2) is 34.0 Å². The molecule has 0 saturated heterocycles. The first kappa shape index (κ1) is 20.0. The molecule has 0 saturated carbocycles. The Labute approximate surface area is 177 Å². The number of nitrogens with zero attached hydrogens (tertiary/aromatic N) is 3. The molecule has 1 aliphatic heterocycles. The van der Waals surface area contributed by atoms with Gasteiger partial charge in [-0.1, -0.05) is 42.1 Å². The van der Waals surface area contributed by atoms with Crippen LogP contribution in [0.2, 0.25) is 0 Å². The Morgan fingerprint density at radius 1 is 1.23 bits per heavy atom. The van der Waals surface area contributed by atoms with Crippen LogP contribution in [0.25, 0.3) is 0 Å². The molecule has 1 amide bonds. The normalized spacial score (nSPS) is 15.4. The first-order valence-electron chi connectivity index (χ1n) is 9.20.